The van der Waals surface area contributed by atoms with E-state index in [2.05, 4.69) is 10.2 Å². The largest absolute Gasteiger partial charge is 0.448 e. The van der Waals surface area contributed by atoms with E-state index in [4.69, 9.17) is 9.47 Å². The Morgan fingerprint density at radius 1 is 0.960 bits per heavy atom. The van der Waals surface area contributed by atoms with E-state index in [1.54, 1.807) is 0 Å². The van der Waals surface area contributed by atoms with Crippen LogP contribution in [-0.2, 0) is 4.79 Å². The van der Waals surface area contributed by atoms with Gasteiger partial charge in [0.1, 0.15) is 0 Å². The Labute approximate surface area is 149 Å². The van der Waals surface area contributed by atoms with Crippen LogP contribution >= 0.6 is 0 Å². The summed E-state index contributed by atoms with van der Waals surface area (Å²) < 4.78 is 12.2. The van der Waals surface area contributed by atoms with Crippen LogP contribution in [0.5, 0.6) is 11.5 Å². The highest BCUT2D eigenvalue weighted by Gasteiger charge is 2.42. The summed E-state index contributed by atoms with van der Waals surface area (Å²) in [5.74, 6) is 1.14. The van der Waals surface area contributed by atoms with Gasteiger partial charge < -0.3 is 14.8 Å². The maximum atomic E-state index is 12.4. The third-order valence-corrected chi connectivity index (χ3v) is 5.50. The van der Waals surface area contributed by atoms with Gasteiger partial charge in [0.15, 0.2) is 11.5 Å². The molecule has 1 saturated carbocycles. The van der Waals surface area contributed by atoms with Crippen molar-refractivity contribution in [2.24, 2.45) is 0 Å². The van der Waals surface area contributed by atoms with Crippen LogP contribution in [0, 0.1) is 0 Å². The monoisotopic (exact) mass is 344 g/mol. The Balaban J connectivity index is 1.36. The number of benzene rings is 1. The Kier molecular flexibility index (Phi) is 4.84. The zero-order valence-electron chi connectivity index (χ0n) is 14.9. The Bertz CT molecular complexity index is 617. The lowest BCUT2D eigenvalue weighted by molar-refractivity contribution is -0.117. The molecule has 1 saturated heterocycles. The fourth-order valence-electron chi connectivity index (χ4n) is 4.16. The number of hydrogen-bond donors (Lipinski definition) is 1. The van der Waals surface area contributed by atoms with Crippen molar-refractivity contribution in [3.05, 3.63) is 18.2 Å². The quantitative estimate of drug-likeness (QED) is 0.902. The lowest BCUT2D eigenvalue weighted by Gasteiger charge is -2.31. The first-order valence-electron chi connectivity index (χ1n) is 9.77. The summed E-state index contributed by atoms with van der Waals surface area (Å²) in [4.78, 5) is 14.6. The Hall–Kier alpha value is -1.75. The number of nitrogens with zero attached hydrogens (tertiary/aromatic N) is 1. The zero-order chi connectivity index (χ0) is 17.1. The van der Waals surface area contributed by atoms with Crippen molar-refractivity contribution < 1.29 is 14.3 Å². The van der Waals surface area contributed by atoms with Crippen molar-refractivity contribution in [2.75, 3.05) is 25.0 Å². The molecule has 2 aliphatic heterocycles. The van der Waals surface area contributed by atoms with Crippen molar-refractivity contribution in [3.8, 4) is 11.5 Å². The maximum absolute atomic E-state index is 12.4. The second-order valence-electron chi connectivity index (χ2n) is 7.58. The highest BCUT2D eigenvalue weighted by atomic mass is 16.7. The van der Waals surface area contributed by atoms with E-state index in [-0.39, 0.29) is 5.91 Å². The van der Waals surface area contributed by atoms with Crippen LogP contribution in [0.1, 0.15) is 57.8 Å². The number of likely N-dealkylation sites (tertiary alicyclic amines) is 1. The Morgan fingerprint density at radius 3 is 2.40 bits per heavy atom. The number of amides is 1. The van der Waals surface area contributed by atoms with E-state index in [9.17, 15) is 4.79 Å². The van der Waals surface area contributed by atoms with Crippen LogP contribution < -0.4 is 14.8 Å². The highest BCUT2D eigenvalue weighted by Crippen LogP contribution is 2.46. The molecule has 1 aliphatic carbocycles. The molecule has 1 aromatic rings. The van der Waals surface area contributed by atoms with E-state index in [0.717, 1.165) is 56.0 Å². The van der Waals surface area contributed by atoms with Gasteiger partial charge in [-0.2, -0.15) is 0 Å². The number of rotatable bonds is 3. The summed E-state index contributed by atoms with van der Waals surface area (Å²) in [6.07, 6.45) is 10.4. The fourth-order valence-corrected chi connectivity index (χ4v) is 4.16. The van der Waals surface area contributed by atoms with Crippen LogP contribution in [0.4, 0.5) is 5.69 Å². The topological polar surface area (TPSA) is 50.8 Å². The first kappa shape index (κ1) is 16.7. The molecule has 3 aliphatic rings. The third-order valence-electron chi connectivity index (χ3n) is 5.50. The number of ether oxygens (including phenoxy) is 2. The molecule has 2 fully saturated rings. The first-order valence-corrected chi connectivity index (χ1v) is 9.77. The van der Waals surface area contributed by atoms with Crippen molar-refractivity contribution in [3.63, 3.8) is 0 Å². The van der Waals surface area contributed by atoms with Gasteiger partial charge in [0.05, 0.1) is 6.54 Å². The van der Waals surface area contributed by atoms with Crippen molar-refractivity contribution in [1.29, 1.82) is 0 Å². The minimum absolute atomic E-state index is 0.0492. The molecule has 0 unspecified atom stereocenters. The summed E-state index contributed by atoms with van der Waals surface area (Å²) in [6, 6.07) is 5.73. The van der Waals surface area contributed by atoms with Crippen LogP contribution in [0.3, 0.4) is 0 Å². The van der Waals surface area contributed by atoms with Crippen LogP contribution in [0.15, 0.2) is 18.2 Å². The molecule has 5 nitrogen and oxygen atoms in total. The molecule has 0 atom stereocenters. The number of fused-ring (bicyclic) bond motifs is 1. The van der Waals surface area contributed by atoms with Crippen molar-refractivity contribution >= 4 is 11.6 Å². The number of carbonyl (C=O) groups excluding carboxylic acids is 1. The minimum Gasteiger partial charge on any atom is -0.448 e. The molecule has 1 aromatic carbocycles. The molecule has 5 heteroatoms. The lowest BCUT2D eigenvalue weighted by atomic mass is 9.94. The smallest absolute Gasteiger partial charge is 0.251 e. The van der Waals surface area contributed by atoms with Gasteiger partial charge >= 0.3 is 0 Å². The normalized spacial score (nSPS) is 22.6. The molecule has 136 valence electrons. The van der Waals surface area contributed by atoms with Crippen LogP contribution in [-0.4, -0.2) is 36.2 Å². The molecule has 2 heterocycles. The highest BCUT2D eigenvalue weighted by molar-refractivity contribution is 5.92. The van der Waals surface area contributed by atoms with E-state index in [0.29, 0.717) is 6.54 Å². The number of hydrogen-bond acceptors (Lipinski definition) is 4. The van der Waals surface area contributed by atoms with Crippen LogP contribution in [0.25, 0.3) is 0 Å². The predicted molar refractivity (Wildman–Crippen MR) is 97.1 cm³/mol. The van der Waals surface area contributed by atoms with Crippen molar-refractivity contribution in [2.45, 2.75) is 63.6 Å². The molecule has 25 heavy (non-hydrogen) atoms. The van der Waals surface area contributed by atoms with Gasteiger partial charge in [-0.15, -0.1) is 0 Å². The summed E-state index contributed by atoms with van der Waals surface area (Å²) in [6.45, 7) is 2.52. The van der Waals surface area contributed by atoms with Gasteiger partial charge in [0.25, 0.3) is 5.79 Å². The minimum atomic E-state index is -0.463. The maximum Gasteiger partial charge on any atom is 0.251 e. The van der Waals surface area contributed by atoms with Crippen molar-refractivity contribution in [1.82, 2.24) is 4.90 Å². The standard InChI is InChI=1S/C20H28N2O3/c23-19(15-22-12-6-1-2-7-13-22)21-16-8-9-17-18(14-16)25-20(24-17)10-4-3-5-11-20/h8-9,14H,1-7,10-13,15H2,(H,21,23). The molecule has 4 rings (SSSR count). The van der Waals surface area contributed by atoms with Gasteiger partial charge in [-0.25, -0.2) is 0 Å². The first-order chi connectivity index (χ1) is 12.2. The number of anilines is 1. The molecule has 0 bridgehead atoms. The van der Waals surface area contributed by atoms with E-state index in [1.165, 1.54) is 32.1 Å². The van der Waals surface area contributed by atoms with Gasteiger partial charge in [-0.05, 0) is 50.9 Å². The lowest BCUT2D eigenvalue weighted by Crippen LogP contribution is -2.40. The van der Waals surface area contributed by atoms with Gasteiger partial charge in [0.2, 0.25) is 5.91 Å². The third kappa shape index (κ3) is 3.92. The summed E-state index contributed by atoms with van der Waals surface area (Å²) in [5, 5.41) is 3.01. The molecule has 0 radical (unpaired) electrons. The molecular formula is C20H28N2O3. The molecule has 1 amide bonds. The Morgan fingerprint density at radius 2 is 1.64 bits per heavy atom. The molecule has 0 aromatic heterocycles. The SMILES string of the molecule is O=C(CN1CCCCCC1)Nc1ccc2c(c1)OC1(CCCCC1)O2. The zero-order valence-corrected chi connectivity index (χ0v) is 14.9. The average Bonchev–Trinajstić information content (AvgIpc) is 2.77. The van der Waals surface area contributed by atoms with Gasteiger partial charge in [-0.1, -0.05) is 19.3 Å². The number of carbonyl (C=O) groups is 1. The predicted octanol–water partition coefficient (Wildman–Crippen LogP) is 3.93. The van der Waals surface area contributed by atoms with E-state index in [1.807, 2.05) is 18.2 Å². The molecule has 1 spiro atoms. The average molecular weight is 344 g/mol. The summed E-state index contributed by atoms with van der Waals surface area (Å²) in [7, 11) is 0. The molecule has 1 N–H and O–H groups in total. The summed E-state index contributed by atoms with van der Waals surface area (Å²) in [5.41, 5.74) is 0.787. The van der Waals surface area contributed by atoms with E-state index < -0.39 is 5.79 Å². The van der Waals surface area contributed by atoms with Gasteiger partial charge in [0, 0.05) is 24.6 Å². The number of nitrogens with one attached hydrogen (secondary N) is 1. The fraction of sp³-hybridized carbons (Fsp3) is 0.650. The van der Waals surface area contributed by atoms with Crippen LogP contribution in [0.2, 0.25) is 0 Å². The van der Waals surface area contributed by atoms with E-state index >= 15 is 0 Å². The molecular weight excluding hydrogens is 316 g/mol. The summed E-state index contributed by atoms with van der Waals surface area (Å²) >= 11 is 0. The second kappa shape index (κ2) is 7.24. The second-order valence-corrected chi connectivity index (χ2v) is 7.58. The van der Waals surface area contributed by atoms with Gasteiger partial charge in [-0.3, -0.25) is 9.69 Å².